The van der Waals surface area contributed by atoms with Crippen LogP contribution in [0.2, 0.25) is 0 Å². The second-order valence-corrected chi connectivity index (χ2v) is 4.79. The second kappa shape index (κ2) is 4.95. The van der Waals surface area contributed by atoms with Crippen molar-refractivity contribution in [1.82, 2.24) is 0 Å². The van der Waals surface area contributed by atoms with Gasteiger partial charge in [0, 0.05) is 5.41 Å². The fourth-order valence-electron chi connectivity index (χ4n) is 3.30. The number of carbonyl (C=O) groups excluding carboxylic acids is 1. The molecule has 0 amide bonds. The van der Waals surface area contributed by atoms with E-state index in [1.54, 1.807) is 0 Å². The standard InChI is InChI=1S/C13H24O/c1-4-12(5-2)13(11(3)14)9-7-6-8-10-13/h12H,4-10H2,1-3H3. The van der Waals surface area contributed by atoms with E-state index in [1.807, 2.05) is 6.92 Å². The van der Waals surface area contributed by atoms with E-state index in [2.05, 4.69) is 13.8 Å². The Hall–Kier alpha value is -0.330. The second-order valence-electron chi connectivity index (χ2n) is 4.79. The molecule has 14 heavy (non-hydrogen) atoms. The van der Waals surface area contributed by atoms with Gasteiger partial charge in [-0.3, -0.25) is 4.79 Å². The van der Waals surface area contributed by atoms with E-state index in [-0.39, 0.29) is 5.41 Å². The number of hydrogen-bond donors (Lipinski definition) is 0. The van der Waals surface area contributed by atoms with Crippen LogP contribution in [0.1, 0.15) is 65.7 Å². The van der Waals surface area contributed by atoms with Gasteiger partial charge in [0.2, 0.25) is 0 Å². The Morgan fingerprint density at radius 1 is 1.14 bits per heavy atom. The average Bonchev–Trinajstić information content (AvgIpc) is 2.21. The molecule has 0 aliphatic heterocycles. The molecule has 0 aromatic heterocycles. The molecule has 82 valence electrons. The fraction of sp³-hybridized carbons (Fsp3) is 0.923. The summed E-state index contributed by atoms with van der Waals surface area (Å²) in [6.45, 7) is 6.27. The zero-order valence-corrected chi connectivity index (χ0v) is 9.94. The lowest BCUT2D eigenvalue weighted by Crippen LogP contribution is -2.38. The summed E-state index contributed by atoms with van der Waals surface area (Å²) >= 11 is 0. The molecule has 1 nitrogen and oxygen atoms in total. The minimum absolute atomic E-state index is 0.0573. The Kier molecular flexibility index (Phi) is 4.15. The van der Waals surface area contributed by atoms with Gasteiger partial charge in [-0.05, 0) is 25.7 Å². The quantitative estimate of drug-likeness (QED) is 0.665. The fourth-order valence-corrected chi connectivity index (χ4v) is 3.30. The molecule has 1 aliphatic rings. The van der Waals surface area contributed by atoms with Crippen molar-refractivity contribution in [2.45, 2.75) is 65.7 Å². The minimum Gasteiger partial charge on any atom is -0.299 e. The van der Waals surface area contributed by atoms with E-state index in [9.17, 15) is 4.79 Å². The van der Waals surface area contributed by atoms with Gasteiger partial charge in [0.15, 0.2) is 0 Å². The van der Waals surface area contributed by atoms with Gasteiger partial charge in [-0.2, -0.15) is 0 Å². The van der Waals surface area contributed by atoms with Gasteiger partial charge in [0.1, 0.15) is 5.78 Å². The first-order valence-corrected chi connectivity index (χ1v) is 6.18. The molecule has 0 heterocycles. The summed E-state index contributed by atoms with van der Waals surface area (Å²) in [5.41, 5.74) is 0.0573. The molecule has 0 aromatic rings. The Morgan fingerprint density at radius 3 is 2.00 bits per heavy atom. The molecular weight excluding hydrogens is 172 g/mol. The van der Waals surface area contributed by atoms with Gasteiger partial charge in [0.05, 0.1) is 0 Å². The monoisotopic (exact) mass is 196 g/mol. The van der Waals surface area contributed by atoms with Crippen LogP contribution in [0.4, 0.5) is 0 Å². The molecule has 0 saturated heterocycles. The molecule has 0 unspecified atom stereocenters. The van der Waals surface area contributed by atoms with Gasteiger partial charge in [-0.15, -0.1) is 0 Å². The number of ketones is 1. The van der Waals surface area contributed by atoms with Crippen LogP contribution in [0.25, 0.3) is 0 Å². The highest BCUT2D eigenvalue weighted by atomic mass is 16.1. The molecule has 1 aliphatic carbocycles. The van der Waals surface area contributed by atoms with Crippen molar-refractivity contribution in [3.05, 3.63) is 0 Å². The summed E-state index contributed by atoms with van der Waals surface area (Å²) < 4.78 is 0. The maximum atomic E-state index is 11.9. The number of hydrogen-bond acceptors (Lipinski definition) is 1. The van der Waals surface area contributed by atoms with Gasteiger partial charge in [-0.1, -0.05) is 46.0 Å². The van der Waals surface area contributed by atoms with Crippen molar-refractivity contribution in [3.8, 4) is 0 Å². The SMILES string of the molecule is CCC(CC)C1(C(C)=O)CCCCC1. The molecule has 0 aromatic carbocycles. The lowest BCUT2D eigenvalue weighted by Gasteiger charge is -2.41. The predicted molar refractivity (Wildman–Crippen MR) is 60.3 cm³/mol. The Labute approximate surface area is 88.3 Å². The number of rotatable bonds is 4. The normalized spacial score (nSPS) is 21.1. The lowest BCUT2D eigenvalue weighted by molar-refractivity contribution is -0.132. The Balaban J connectivity index is 2.83. The summed E-state index contributed by atoms with van der Waals surface area (Å²) in [6, 6.07) is 0. The maximum Gasteiger partial charge on any atom is 0.136 e. The summed E-state index contributed by atoms with van der Waals surface area (Å²) in [5.74, 6) is 1.08. The summed E-state index contributed by atoms with van der Waals surface area (Å²) in [5, 5.41) is 0. The Bertz CT molecular complexity index is 185. The highest BCUT2D eigenvalue weighted by Gasteiger charge is 2.41. The van der Waals surface area contributed by atoms with E-state index < -0.39 is 0 Å². The molecule has 0 spiro atoms. The van der Waals surface area contributed by atoms with Crippen LogP contribution in [0.5, 0.6) is 0 Å². The zero-order valence-electron chi connectivity index (χ0n) is 9.94. The van der Waals surface area contributed by atoms with Crippen molar-refractivity contribution >= 4 is 5.78 Å². The van der Waals surface area contributed by atoms with E-state index >= 15 is 0 Å². The summed E-state index contributed by atoms with van der Waals surface area (Å²) in [6.07, 6.45) is 8.47. The van der Waals surface area contributed by atoms with Gasteiger partial charge in [-0.25, -0.2) is 0 Å². The third-order valence-electron chi connectivity index (χ3n) is 4.21. The van der Waals surface area contributed by atoms with Crippen LogP contribution in [-0.4, -0.2) is 5.78 Å². The predicted octanol–water partition coefficient (Wildman–Crippen LogP) is 3.96. The van der Waals surface area contributed by atoms with E-state index in [0.29, 0.717) is 11.7 Å². The van der Waals surface area contributed by atoms with Crippen LogP contribution in [0, 0.1) is 11.3 Å². The molecule has 0 bridgehead atoms. The molecule has 1 fully saturated rings. The topological polar surface area (TPSA) is 17.1 Å². The molecule has 1 heteroatoms. The van der Waals surface area contributed by atoms with Crippen molar-refractivity contribution in [2.24, 2.45) is 11.3 Å². The van der Waals surface area contributed by atoms with Crippen LogP contribution >= 0.6 is 0 Å². The smallest absolute Gasteiger partial charge is 0.136 e. The summed E-state index contributed by atoms with van der Waals surface area (Å²) in [7, 11) is 0. The van der Waals surface area contributed by atoms with Gasteiger partial charge in [0.25, 0.3) is 0 Å². The molecule has 0 radical (unpaired) electrons. The Morgan fingerprint density at radius 2 is 1.64 bits per heavy atom. The third-order valence-corrected chi connectivity index (χ3v) is 4.21. The maximum absolute atomic E-state index is 11.9. The zero-order chi connectivity index (χ0) is 10.6. The van der Waals surface area contributed by atoms with Crippen LogP contribution in [0.3, 0.4) is 0 Å². The highest BCUT2D eigenvalue weighted by Crippen LogP contribution is 2.45. The molecule has 1 saturated carbocycles. The molecular formula is C13H24O. The molecule has 0 atom stereocenters. The van der Waals surface area contributed by atoms with E-state index in [1.165, 1.54) is 19.3 Å². The van der Waals surface area contributed by atoms with Crippen molar-refractivity contribution < 1.29 is 4.79 Å². The van der Waals surface area contributed by atoms with Crippen molar-refractivity contribution in [1.29, 1.82) is 0 Å². The van der Waals surface area contributed by atoms with E-state index in [0.717, 1.165) is 25.7 Å². The van der Waals surface area contributed by atoms with E-state index in [4.69, 9.17) is 0 Å². The van der Waals surface area contributed by atoms with Crippen LogP contribution in [0.15, 0.2) is 0 Å². The van der Waals surface area contributed by atoms with Crippen molar-refractivity contribution in [2.75, 3.05) is 0 Å². The van der Waals surface area contributed by atoms with Crippen molar-refractivity contribution in [3.63, 3.8) is 0 Å². The van der Waals surface area contributed by atoms with Crippen LogP contribution < -0.4 is 0 Å². The summed E-state index contributed by atoms with van der Waals surface area (Å²) in [4.78, 5) is 11.9. The van der Waals surface area contributed by atoms with Gasteiger partial charge >= 0.3 is 0 Å². The largest absolute Gasteiger partial charge is 0.299 e. The van der Waals surface area contributed by atoms with Crippen LogP contribution in [-0.2, 0) is 4.79 Å². The highest BCUT2D eigenvalue weighted by molar-refractivity contribution is 5.82. The third kappa shape index (κ3) is 2.02. The average molecular weight is 196 g/mol. The number of Topliss-reactive ketones (excluding diaryl/α,β-unsaturated/α-hetero) is 1. The number of carbonyl (C=O) groups is 1. The molecule has 1 rings (SSSR count). The lowest BCUT2D eigenvalue weighted by atomic mass is 9.62. The first kappa shape index (κ1) is 11.7. The minimum atomic E-state index is 0.0573. The van der Waals surface area contributed by atoms with Gasteiger partial charge < -0.3 is 0 Å². The first-order valence-electron chi connectivity index (χ1n) is 6.18. The first-order chi connectivity index (χ1) is 6.67. The molecule has 0 N–H and O–H groups in total.